The molecule has 1 rings (SSSR count). The first kappa shape index (κ1) is 13.5. The normalized spacial score (nSPS) is 11.8. The van der Waals surface area contributed by atoms with Crippen LogP contribution in [-0.4, -0.2) is 30.3 Å². The minimum Gasteiger partial charge on any atom is -0.260 e. The van der Waals surface area contributed by atoms with Crippen LogP contribution >= 0.6 is 0 Å². The van der Waals surface area contributed by atoms with E-state index < -0.39 is 15.8 Å². The molecule has 5 nitrogen and oxygen atoms in total. The van der Waals surface area contributed by atoms with Crippen molar-refractivity contribution in [2.24, 2.45) is 0 Å². The van der Waals surface area contributed by atoms with Gasteiger partial charge in [0.05, 0.1) is 12.3 Å². The molecule has 0 amide bonds. The molecule has 0 saturated heterocycles. The van der Waals surface area contributed by atoms with Gasteiger partial charge in [-0.3, -0.25) is 4.98 Å². The van der Waals surface area contributed by atoms with Crippen LogP contribution in [-0.2, 0) is 10.0 Å². The minimum absolute atomic E-state index is 0.249. The number of nitrogens with zero attached hydrogens (tertiary/aromatic N) is 3. The number of hydrogen-bond acceptors (Lipinski definition) is 4. The SMILES string of the molecule is CC(C)N(CC#N)S(=O)(=O)c1cncc(F)c1. The second-order valence-corrected chi connectivity index (χ2v) is 5.53. The zero-order chi connectivity index (χ0) is 13.1. The van der Waals surface area contributed by atoms with Gasteiger partial charge in [-0.05, 0) is 19.9 Å². The van der Waals surface area contributed by atoms with Gasteiger partial charge in [0.15, 0.2) is 0 Å². The van der Waals surface area contributed by atoms with Gasteiger partial charge in [-0.1, -0.05) is 0 Å². The molecule has 1 heterocycles. The lowest BCUT2D eigenvalue weighted by molar-refractivity contribution is 0.385. The van der Waals surface area contributed by atoms with Crippen molar-refractivity contribution in [2.75, 3.05) is 6.54 Å². The molecular formula is C10H12FN3O2S. The molecule has 0 unspecified atom stereocenters. The molecule has 0 N–H and O–H groups in total. The third-order valence-electron chi connectivity index (χ3n) is 2.09. The van der Waals surface area contributed by atoms with Crippen LogP contribution in [0.5, 0.6) is 0 Å². The van der Waals surface area contributed by atoms with E-state index in [2.05, 4.69) is 4.98 Å². The molecule has 0 spiro atoms. The first-order valence-corrected chi connectivity index (χ1v) is 6.33. The summed E-state index contributed by atoms with van der Waals surface area (Å²) >= 11 is 0. The second-order valence-electron chi connectivity index (χ2n) is 3.64. The first-order valence-electron chi connectivity index (χ1n) is 4.89. The highest BCUT2D eigenvalue weighted by Gasteiger charge is 2.27. The lowest BCUT2D eigenvalue weighted by Crippen LogP contribution is -2.37. The molecule has 0 aromatic carbocycles. The molecule has 17 heavy (non-hydrogen) atoms. The van der Waals surface area contributed by atoms with E-state index in [1.807, 2.05) is 0 Å². The van der Waals surface area contributed by atoms with Crippen molar-refractivity contribution in [3.63, 3.8) is 0 Å². The van der Waals surface area contributed by atoms with Crippen molar-refractivity contribution >= 4 is 10.0 Å². The standard InChI is InChI=1S/C10H12FN3O2S/c1-8(2)14(4-3-12)17(15,16)10-5-9(11)6-13-7-10/h5-8H,4H2,1-2H3. The van der Waals surface area contributed by atoms with Gasteiger partial charge in [0.25, 0.3) is 0 Å². The fourth-order valence-electron chi connectivity index (χ4n) is 1.28. The van der Waals surface area contributed by atoms with Gasteiger partial charge < -0.3 is 0 Å². The quantitative estimate of drug-likeness (QED) is 0.758. The Labute approximate surface area is 99.6 Å². The van der Waals surface area contributed by atoms with Gasteiger partial charge in [-0.25, -0.2) is 12.8 Å². The molecule has 0 radical (unpaired) electrons. The largest absolute Gasteiger partial charge is 0.260 e. The molecule has 0 atom stereocenters. The van der Waals surface area contributed by atoms with E-state index in [1.165, 1.54) is 0 Å². The van der Waals surface area contributed by atoms with Crippen LogP contribution < -0.4 is 0 Å². The smallest absolute Gasteiger partial charge is 0.245 e. The van der Waals surface area contributed by atoms with E-state index in [0.717, 1.165) is 22.8 Å². The summed E-state index contributed by atoms with van der Waals surface area (Å²) in [5.74, 6) is -0.730. The summed E-state index contributed by atoms with van der Waals surface area (Å²) in [7, 11) is -3.88. The Bertz CT molecular complexity index is 537. The average molecular weight is 257 g/mol. The van der Waals surface area contributed by atoms with Gasteiger partial charge in [0, 0.05) is 12.2 Å². The number of aromatic nitrogens is 1. The van der Waals surface area contributed by atoms with Crippen LogP contribution in [0, 0.1) is 17.1 Å². The second kappa shape index (κ2) is 5.21. The zero-order valence-corrected chi connectivity index (χ0v) is 10.3. The van der Waals surface area contributed by atoms with Crippen molar-refractivity contribution in [3.05, 3.63) is 24.3 Å². The van der Waals surface area contributed by atoms with Crippen LogP contribution in [0.1, 0.15) is 13.8 Å². The molecule has 0 bridgehead atoms. The number of sulfonamides is 1. The van der Waals surface area contributed by atoms with Gasteiger partial charge >= 0.3 is 0 Å². The molecule has 1 aromatic rings. The molecule has 0 aliphatic rings. The maximum atomic E-state index is 12.9. The van der Waals surface area contributed by atoms with Crippen molar-refractivity contribution in [1.29, 1.82) is 5.26 Å². The fraction of sp³-hybridized carbons (Fsp3) is 0.400. The van der Waals surface area contributed by atoms with Crippen molar-refractivity contribution in [3.8, 4) is 6.07 Å². The summed E-state index contributed by atoms with van der Waals surface area (Å²) in [6.07, 6.45) is 1.98. The number of halogens is 1. The predicted octanol–water partition coefficient (Wildman–Crippen LogP) is 1.14. The average Bonchev–Trinajstić information content (AvgIpc) is 2.25. The molecule has 0 saturated carbocycles. The van der Waals surface area contributed by atoms with Crippen LogP contribution in [0.2, 0.25) is 0 Å². The van der Waals surface area contributed by atoms with E-state index in [9.17, 15) is 12.8 Å². The molecule has 1 aromatic heterocycles. The Morgan fingerprint density at radius 2 is 2.18 bits per heavy atom. The van der Waals surface area contributed by atoms with Crippen molar-refractivity contribution in [1.82, 2.24) is 9.29 Å². The first-order chi connectivity index (χ1) is 7.89. The van der Waals surface area contributed by atoms with Gasteiger partial charge in [0.2, 0.25) is 10.0 Å². The molecule has 0 fully saturated rings. The predicted molar refractivity (Wildman–Crippen MR) is 58.8 cm³/mol. The Morgan fingerprint density at radius 3 is 2.65 bits per heavy atom. The minimum atomic E-state index is -3.88. The highest BCUT2D eigenvalue weighted by molar-refractivity contribution is 7.89. The van der Waals surface area contributed by atoms with E-state index >= 15 is 0 Å². The Hall–Kier alpha value is -1.52. The maximum Gasteiger partial charge on any atom is 0.245 e. The van der Waals surface area contributed by atoms with E-state index in [4.69, 9.17) is 5.26 Å². The summed E-state index contributed by atoms with van der Waals surface area (Å²) in [6.45, 7) is 3.00. The summed E-state index contributed by atoms with van der Waals surface area (Å²) in [4.78, 5) is 3.24. The van der Waals surface area contributed by atoms with Crippen LogP contribution in [0.4, 0.5) is 4.39 Å². The van der Waals surface area contributed by atoms with Gasteiger partial charge in [-0.2, -0.15) is 9.57 Å². The molecule has 0 aliphatic carbocycles. The molecule has 7 heteroatoms. The number of pyridine rings is 1. The lowest BCUT2D eigenvalue weighted by atomic mass is 10.4. The maximum absolute atomic E-state index is 12.9. The number of nitriles is 1. The number of rotatable bonds is 4. The molecular weight excluding hydrogens is 245 g/mol. The van der Waals surface area contributed by atoms with Crippen LogP contribution in [0.15, 0.2) is 23.4 Å². The third-order valence-corrected chi connectivity index (χ3v) is 4.08. The van der Waals surface area contributed by atoms with E-state index in [1.54, 1.807) is 19.9 Å². The van der Waals surface area contributed by atoms with Crippen LogP contribution in [0.3, 0.4) is 0 Å². The Balaban J connectivity index is 3.22. The summed E-state index contributed by atoms with van der Waals surface area (Å²) in [6, 6.07) is 2.27. The summed E-state index contributed by atoms with van der Waals surface area (Å²) in [5, 5.41) is 8.60. The monoisotopic (exact) mass is 257 g/mol. The molecule has 92 valence electrons. The number of hydrogen-bond donors (Lipinski definition) is 0. The highest BCUT2D eigenvalue weighted by atomic mass is 32.2. The van der Waals surface area contributed by atoms with Crippen LogP contribution in [0.25, 0.3) is 0 Å². The van der Waals surface area contributed by atoms with Gasteiger partial charge in [-0.15, -0.1) is 0 Å². The summed E-state index contributed by atoms with van der Waals surface area (Å²) in [5.41, 5.74) is 0. The van der Waals surface area contributed by atoms with E-state index in [-0.39, 0.29) is 17.5 Å². The Morgan fingerprint density at radius 1 is 1.53 bits per heavy atom. The topological polar surface area (TPSA) is 74.1 Å². The summed E-state index contributed by atoms with van der Waals surface area (Å²) < 4.78 is 38.1. The van der Waals surface area contributed by atoms with Gasteiger partial charge in [0.1, 0.15) is 17.3 Å². The van der Waals surface area contributed by atoms with E-state index in [0.29, 0.717) is 0 Å². The van der Waals surface area contributed by atoms with Crippen molar-refractivity contribution in [2.45, 2.75) is 24.8 Å². The third kappa shape index (κ3) is 2.99. The Kier molecular flexibility index (Phi) is 4.15. The zero-order valence-electron chi connectivity index (χ0n) is 9.46. The highest BCUT2D eigenvalue weighted by Crippen LogP contribution is 2.17. The fourth-order valence-corrected chi connectivity index (χ4v) is 2.79. The lowest BCUT2D eigenvalue weighted by Gasteiger charge is -2.22. The molecule has 0 aliphatic heterocycles. The van der Waals surface area contributed by atoms with Crippen molar-refractivity contribution < 1.29 is 12.8 Å².